The quantitative estimate of drug-likeness (QED) is 0.688. The Bertz CT molecular complexity index is 132. The molecule has 1 N–H and O–H groups in total. The number of carbonyl (C=O) groups is 1. The highest BCUT2D eigenvalue weighted by Gasteiger charge is 1.94. The zero-order chi connectivity index (χ0) is 12.8. The second-order valence-corrected chi connectivity index (χ2v) is 3.20. The maximum Gasteiger partial charge on any atom is 0.302 e. The van der Waals surface area contributed by atoms with Crippen molar-refractivity contribution in [2.45, 2.75) is 33.8 Å². The lowest BCUT2D eigenvalue weighted by Crippen LogP contribution is -2.16. The summed E-state index contributed by atoms with van der Waals surface area (Å²) < 4.78 is 14.5. The number of ether oxygens (including phenoxy) is 3. The predicted octanol–water partition coefficient (Wildman–Crippen LogP) is 0.990. The van der Waals surface area contributed by atoms with Gasteiger partial charge < -0.3 is 19.3 Å². The Balaban J connectivity index is 0. The number of esters is 1. The highest BCUT2D eigenvalue weighted by Crippen LogP contribution is 1.85. The molecule has 0 unspecified atom stereocenters. The van der Waals surface area contributed by atoms with Crippen molar-refractivity contribution >= 4 is 5.97 Å². The van der Waals surface area contributed by atoms with Crippen molar-refractivity contribution in [2.24, 2.45) is 0 Å². The molecule has 5 heteroatoms. The molecule has 16 heavy (non-hydrogen) atoms. The minimum absolute atomic E-state index is 0.0255. The van der Waals surface area contributed by atoms with Crippen molar-refractivity contribution in [3.8, 4) is 0 Å². The lowest BCUT2D eigenvalue weighted by atomic mass is 10.5. The van der Waals surface area contributed by atoms with Gasteiger partial charge in [0.15, 0.2) is 0 Å². The zero-order valence-corrected chi connectivity index (χ0v) is 10.7. The van der Waals surface area contributed by atoms with E-state index in [2.05, 4.69) is 4.74 Å². The van der Waals surface area contributed by atoms with E-state index < -0.39 is 0 Å². The van der Waals surface area contributed by atoms with E-state index in [-0.39, 0.29) is 18.7 Å². The lowest BCUT2D eigenvalue weighted by molar-refractivity contribution is -0.144. The van der Waals surface area contributed by atoms with Crippen LogP contribution in [-0.4, -0.2) is 50.2 Å². The van der Waals surface area contributed by atoms with Crippen LogP contribution in [0.25, 0.3) is 0 Å². The average Bonchev–Trinajstić information content (AvgIpc) is 2.20. The Labute approximate surface area is 97.7 Å². The van der Waals surface area contributed by atoms with E-state index in [1.165, 1.54) is 6.92 Å². The molecule has 1 aliphatic heterocycles. The summed E-state index contributed by atoms with van der Waals surface area (Å²) in [6, 6.07) is 0. The molecule has 1 rings (SSSR count). The fourth-order valence-electron chi connectivity index (χ4n) is 0.772. The molecular formula is C11H24O5. The van der Waals surface area contributed by atoms with Crippen molar-refractivity contribution < 1.29 is 24.1 Å². The van der Waals surface area contributed by atoms with E-state index in [0.29, 0.717) is 0 Å². The van der Waals surface area contributed by atoms with Crippen LogP contribution in [0.1, 0.15) is 27.7 Å². The first kappa shape index (κ1) is 17.7. The Morgan fingerprint density at radius 1 is 1.25 bits per heavy atom. The highest BCUT2D eigenvalue weighted by molar-refractivity contribution is 5.66. The Morgan fingerprint density at radius 3 is 1.62 bits per heavy atom. The van der Waals surface area contributed by atoms with E-state index in [4.69, 9.17) is 14.6 Å². The van der Waals surface area contributed by atoms with Gasteiger partial charge in [-0.05, 0) is 20.8 Å². The molecular weight excluding hydrogens is 212 g/mol. The fraction of sp³-hybridized carbons (Fsp3) is 0.909. The molecule has 0 atom stereocenters. The average molecular weight is 236 g/mol. The Morgan fingerprint density at radius 2 is 1.56 bits per heavy atom. The molecule has 0 aromatic heterocycles. The molecule has 0 aliphatic carbocycles. The van der Waals surface area contributed by atoms with E-state index >= 15 is 0 Å². The topological polar surface area (TPSA) is 65.0 Å². The van der Waals surface area contributed by atoms with E-state index in [9.17, 15) is 4.79 Å². The van der Waals surface area contributed by atoms with Crippen LogP contribution in [0.4, 0.5) is 0 Å². The Hall–Kier alpha value is -0.650. The summed E-state index contributed by atoms with van der Waals surface area (Å²) in [5, 5.41) is 7.57. The molecule has 0 aromatic carbocycles. The summed E-state index contributed by atoms with van der Waals surface area (Å²) in [6.45, 7) is 10.1. The normalized spacial score (nSPS) is 14.1. The summed E-state index contributed by atoms with van der Waals surface area (Å²) in [6.07, 6.45) is 0.0255. The van der Waals surface area contributed by atoms with E-state index in [1.54, 1.807) is 6.92 Å². The summed E-state index contributed by atoms with van der Waals surface area (Å²) in [5.74, 6) is -0.213. The smallest absolute Gasteiger partial charge is 0.302 e. The molecule has 5 nitrogen and oxygen atoms in total. The maximum atomic E-state index is 10.0. The van der Waals surface area contributed by atoms with E-state index in [1.807, 2.05) is 13.8 Å². The minimum Gasteiger partial charge on any atom is -0.463 e. The molecule has 0 radical (unpaired) electrons. The van der Waals surface area contributed by atoms with Gasteiger partial charge in [0.2, 0.25) is 0 Å². The van der Waals surface area contributed by atoms with Gasteiger partial charge in [-0.1, -0.05) is 0 Å². The fourth-order valence-corrected chi connectivity index (χ4v) is 0.772. The second kappa shape index (κ2) is 14.3. The van der Waals surface area contributed by atoms with Crippen LogP contribution in [-0.2, 0) is 19.0 Å². The van der Waals surface area contributed by atoms with Crippen molar-refractivity contribution in [3.63, 3.8) is 0 Å². The van der Waals surface area contributed by atoms with Crippen molar-refractivity contribution in [3.05, 3.63) is 0 Å². The van der Waals surface area contributed by atoms with Crippen LogP contribution in [0.3, 0.4) is 0 Å². The number of carbonyl (C=O) groups excluding carboxylic acids is 1. The Kier molecular flexibility index (Phi) is 15.9. The molecule has 1 fully saturated rings. The van der Waals surface area contributed by atoms with Gasteiger partial charge in [0.1, 0.15) is 0 Å². The lowest BCUT2D eigenvalue weighted by Gasteiger charge is -2.09. The van der Waals surface area contributed by atoms with Crippen LogP contribution in [0, 0.1) is 0 Å². The predicted molar refractivity (Wildman–Crippen MR) is 61.3 cm³/mol. The summed E-state index contributed by atoms with van der Waals surface area (Å²) in [7, 11) is 0. The standard InChI is InChI=1S/C5H10O2.C4H8O2.C2H6O/c1-4(2)7-5(3)6;1-2-6-4-3-5-1;1-2-3/h4H,1-3H3;1-4H2;3H,2H2,1H3. The van der Waals surface area contributed by atoms with Gasteiger partial charge in [-0.15, -0.1) is 0 Å². The minimum atomic E-state index is -0.213. The second-order valence-electron chi connectivity index (χ2n) is 3.20. The number of aliphatic hydroxyl groups excluding tert-OH is 1. The van der Waals surface area contributed by atoms with Crippen LogP contribution in [0.2, 0.25) is 0 Å². The van der Waals surface area contributed by atoms with Gasteiger partial charge in [0.05, 0.1) is 32.5 Å². The third-order valence-electron chi connectivity index (χ3n) is 1.15. The van der Waals surface area contributed by atoms with Crippen LogP contribution in [0.5, 0.6) is 0 Å². The van der Waals surface area contributed by atoms with Crippen LogP contribution < -0.4 is 0 Å². The maximum absolute atomic E-state index is 10.0. The molecule has 98 valence electrons. The third-order valence-corrected chi connectivity index (χ3v) is 1.15. The van der Waals surface area contributed by atoms with Crippen molar-refractivity contribution in [2.75, 3.05) is 33.0 Å². The van der Waals surface area contributed by atoms with Gasteiger partial charge in [0.25, 0.3) is 0 Å². The molecule has 1 saturated heterocycles. The molecule has 0 amide bonds. The third kappa shape index (κ3) is 23.3. The van der Waals surface area contributed by atoms with Crippen LogP contribution in [0.15, 0.2) is 0 Å². The number of aliphatic hydroxyl groups is 1. The molecule has 0 bridgehead atoms. The number of rotatable bonds is 1. The first-order valence-electron chi connectivity index (χ1n) is 5.48. The van der Waals surface area contributed by atoms with Crippen molar-refractivity contribution in [1.29, 1.82) is 0 Å². The van der Waals surface area contributed by atoms with Gasteiger partial charge in [-0.3, -0.25) is 4.79 Å². The van der Waals surface area contributed by atoms with Crippen molar-refractivity contribution in [1.82, 2.24) is 0 Å². The number of hydrogen-bond donors (Lipinski definition) is 1. The summed E-state index contributed by atoms with van der Waals surface area (Å²) in [4.78, 5) is 10.0. The van der Waals surface area contributed by atoms with Gasteiger partial charge in [-0.25, -0.2) is 0 Å². The molecule has 0 spiro atoms. The molecule has 1 aliphatic rings. The molecule has 0 aromatic rings. The SMILES string of the molecule is C1COCCO1.CC(=O)OC(C)C.CCO. The molecule has 0 saturated carbocycles. The van der Waals surface area contributed by atoms with Gasteiger partial charge >= 0.3 is 5.97 Å². The zero-order valence-electron chi connectivity index (χ0n) is 10.7. The highest BCUT2D eigenvalue weighted by atomic mass is 16.6. The first-order chi connectivity index (χ1) is 7.54. The first-order valence-corrected chi connectivity index (χ1v) is 5.48. The van der Waals surface area contributed by atoms with Gasteiger partial charge in [0, 0.05) is 13.5 Å². The van der Waals surface area contributed by atoms with Crippen LogP contribution >= 0.6 is 0 Å². The number of hydrogen-bond acceptors (Lipinski definition) is 5. The van der Waals surface area contributed by atoms with E-state index in [0.717, 1.165) is 26.4 Å². The molecule has 1 heterocycles. The largest absolute Gasteiger partial charge is 0.463 e. The monoisotopic (exact) mass is 236 g/mol. The van der Waals surface area contributed by atoms with Gasteiger partial charge in [-0.2, -0.15) is 0 Å². The summed E-state index contributed by atoms with van der Waals surface area (Å²) >= 11 is 0. The summed E-state index contributed by atoms with van der Waals surface area (Å²) in [5.41, 5.74) is 0.